The minimum atomic E-state index is -1.70. The highest BCUT2D eigenvalue weighted by molar-refractivity contribution is 6.01. The molecule has 4 nitrogen and oxygen atoms in total. The van der Waals surface area contributed by atoms with Gasteiger partial charge in [-0.1, -0.05) is 30.3 Å². The van der Waals surface area contributed by atoms with Crippen LogP contribution in [0.1, 0.15) is 15.9 Å². The van der Waals surface area contributed by atoms with Gasteiger partial charge in [0, 0.05) is 26.9 Å². The van der Waals surface area contributed by atoms with Gasteiger partial charge >= 0.3 is 5.97 Å². The molecule has 0 unspecified atom stereocenters. The van der Waals surface area contributed by atoms with Crippen molar-refractivity contribution in [2.24, 2.45) is 0 Å². The zero-order valence-corrected chi connectivity index (χ0v) is 10.9. The van der Waals surface area contributed by atoms with Crippen molar-refractivity contribution in [3.05, 3.63) is 48.0 Å². The summed E-state index contributed by atoms with van der Waals surface area (Å²) < 4.78 is 15.2. The number of carbonyl (C=O) groups is 1. The third-order valence-corrected chi connectivity index (χ3v) is 2.71. The molecule has 0 saturated heterocycles. The molecule has 4 heteroatoms. The van der Waals surface area contributed by atoms with Gasteiger partial charge in [0.1, 0.15) is 0 Å². The predicted molar refractivity (Wildman–Crippen MR) is 68.4 cm³/mol. The number of Topliss-reactive ketones (excluding diaryl/α,β-unsaturated/α-hetero) is 1. The minimum absolute atomic E-state index is 0.368. The maximum atomic E-state index is 12.4. The van der Waals surface area contributed by atoms with E-state index in [0.29, 0.717) is 12.0 Å². The van der Waals surface area contributed by atoms with Crippen LogP contribution < -0.4 is 0 Å². The summed E-state index contributed by atoms with van der Waals surface area (Å²) in [4.78, 5) is 12.4. The highest BCUT2D eigenvalue weighted by Crippen LogP contribution is 2.22. The fraction of sp³-hybridized carbons (Fsp3) is 0.357. The van der Waals surface area contributed by atoms with Gasteiger partial charge in [-0.05, 0) is 12.0 Å². The van der Waals surface area contributed by atoms with Gasteiger partial charge in [-0.25, -0.2) is 0 Å². The maximum absolute atomic E-state index is 12.4. The van der Waals surface area contributed by atoms with Crippen molar-refractivity contribution in [3.63, 3.8) is 0 Å². The van der Waals surface area contributed by atoms with Gasteiger partial charge in [-0.2, -0.15) is 0 Å². The van der Waals surface area contributed by atoms with E-state index < -0.39 is 5.97 Å². The standard InChI is InChI=1S/C14H18O4/c1-5-8-11-9-6-7-10-12(11)13(15)14(16-2,17-3)18-4/h5-7,9-10H,1,8H2,2-4H3. The summed E-state index contributed by atoms with van der Waals surface area (Å²) in [5, 5.41) is 0. The summed E-state index contributed by atoms with van der Waals surface area (Å²) in [6.45, 7) is 3.67. The second kappa shape index (κ2) is 6.44. The molecule has 0 N–H and O–H groups in total. The lowest BCUT2D eigenvalue weighted by atomic mass is 10.00. The van der Waals surface area contributed by atoms with Crippen molar-refractivity contribution in [2.45, 2.75) is 12.4 Å². The molecule has 1 aromatic rings. The maximum Gasteiger partial charge on any atom is 0.350 e. The second-order valence-electron chi connectivity index (χ2n) is 3.65. The number of methoxy groups -OCH3 is 3. The number of ether oxygens (including phenoxy) is 3. The Morgan fingerprint density at radius 2 is 1.78 bits per heavy atom. The molecule has 98 valence electrons. The van der Waals surface area contributed by atoms with Crippen LogP contribution in [0.15, 0.2) is 36.9 Å². The summed E-state index contributed by atoms with van der Waals surface area (Å²) in [6, 6.07) is 7.23. The van der Waals surface area contributed by atoms with E-state index in [0.717, 1.165) is 5.56 Å². The molecule has 0 atom stereocenters. The third kappa shape index (κ3) is 2.67. The quantitative estimate of drug-likeness (QED) is 0.423. The van der Waals surface area contributed by atoms with Gasteiger partial charge in [0.25, 0.3) is 5.78 Å². The summed E-state index contributed by atoms with van der Waals surface area (Å²) in [6.07, 6.45) is 2.33. The van der Waals surface area contributed by atoms with Crippen molar-refractivity contribution in [3.8, 4) is 0 Å². The second-order valence-corrected chi connectivity index (χ2v) is 3.65. The van der Waals surface area contributed by atoms with E-state index in [2.05, 4.69) is 6.58 Å². The van der Waals surface area contributed by atoms with Crippen LogP contribution in [0.5, 0.6) is 0 Å². The normalized spacial score (nSPS) is 11.3. The fourth-order valence-corrected chi connectivity index (χ4v) is 1.77. The molecule has 0 spiro atoms. The fourth-order valence-electron chi connectivity index (χ4n) is 1.77. The first-order valence-electron chi connectivity index (χ1n) is 5.54. The molecular formula is C14H18O4. The minimum Gasteiger partial charge on any atom is -0.324 e. The molecule has 0 fully saturated rings. The molecule has 0 aliphatic carbocycles. The molecule has 1 aromatic carbocycles. The van der Waals surface area contributed by atoms with E-state index in [9.17, 15) is 4.79 Å². The van der Waals surface area contributed by atoms with E-state index in [4.69, 9.17) is 14.2 Å². The number of allylic oxidation sites excluding steroid dienone is 1. The zero-order chi connectivity index (χ0) is 13.6. The van der Waals surface area contributed by atoms with Crippen LogP contribution in [0.3, 0.4) is 0 Å². The van der Waals surface area contributed by atoms with Gasteiger partial charge in [-0.15, -0.1) is 6.58 Å². The first-order valence-corrected chi connectivity index (χ1v) is 5.54. The van der Waals surface area contributed by atoms with Crippen LogP contribution in [0, 0.1) is 0 Å². The van der Waals surface area contributed by atoms with Crippen LogP contribution in [0.25, 0.3) is 0 Å². The number of carbonyl (C=O) groups excluding carboxylic acids is 1. The van der Waals surface area contributed by atoms with E-state index in [1.54, 1.807) is 18.2 Å². The Bertz CT molecular complexity index is 413. The average Bonchev–Trinajstić information content (AvgIpc) is 2.42. The third-order valence-electron chi connectivity index (χ3n) is 2.71. The van der Waals surface area contributed by atoms with Gasteiger partial charge in [0.2, 0.25) is 0 Å². The van der Waals surface area contributed by atoms with Crippen LogP contribution in [-0.2, 0) is 20.6 Å². The Hall–Kier alpha value is -1.49. The molecule has 0 saturated carbocycles. The van der Waals surface area contributed by atoms with E-state index >= 15 is 0 Å². The molecule has 0 heterocycles. The Morgan fingerprint density at radius 1 is 1.22 bits per heavy atom. The number of ketones is 1. The van der Waals surface area contributed by atoms with Crippen LogP contribution >= 0.6 is 0 Å². The van der Waals surface area contributed by atoms with Crippen LogP contribution in [0.4, 0.5) is 0 Å². The molecule has 0 bridgehead atoms. The number of rotatable bonds is 7. The molecule has 0 amide bonds. The lowest BCUT2D eigenvalue weighted by molar-refractivity contribution is -0.312. The van der Waals surface area contributed by atoms with Crippen LogP contribution in [0.2, 0.25) is 0 Å². The average molecular weight is 250 g/mol. The molecule has 0 aromatic heterocycles. The Balaban J connectivity index is 3.20. The smallest absolute Gasteiger partial charge is 0.324 e. The molecule has 0 aliphatic heterocycles. The van der Waals surface area contributed by atoms with Gasteiger partial charge < -0.3 is 14.2 Å². The highest BCUT2D eigenvalue weighted by Gasteiger charge is 2.41. The van der Waals surface area contributed by atoms with Crippen molar-refractivity contribution in [2.75, 3.05) is 21.3 Å². The van der Waals surface area contributed by atoms with Crippen LogP contribution in [-0.4, -0.2) is 33.1 Å². The van der Waals surface area contributed by atoms with Gasteiger partial charge in [-0.3, -0.25) is 4.79 Å². The Labute approximate surface area is 107 Å². The van der Waals surface area contributed by atoms with Crippen molar-refractivity contribution in [1.82, 2.24) is 0 Å². The van der Waals surface area contributed by atoms with Gasteiger partial charge in [0.05, 0.1) is 0 Å². The molecular weight excluding hydrogens is 232 g/mol. The largest absolute Gasteiger partial charge is 0.350 e. The summed E-state index contributed by atoms with van der Waals surface area (Å²) in [5.74, 6) is -2.07. The van der Waals surface area contributed by atoms with Crippen molar-refractivity contribution < 1.29 is 19.0 Å². The molecule has 18 heavy (non-hydrogen) atoms. The lowest BCUT2D eigenvalue weighted by Crippen LogP contribution is -2.45. The van der Waals surface area contributed by atoms with E-state index in [1.165, 1.54) is 21.3 Å². The van der Waals surface area contributed by atoms with Gasteiger partial charge in [0.15, 0.2) is 0 Å². The number of hydrogen-bond acceptors (Lipinski definition) is 4. The molecule has 0 radical (unpaired) electrons. The highest BCUT2D eigenvalue weighted by atomic mass is 16.9. The Kier molecular flexibility index (Phi) is 5.22. The lowest BCUT2D eigenvalue weighted by Gasteiger charge is -2.27. The molecule has 0 aliphatic rings. The summed E-state index contributed by atoms with van der Waals surface area (Å²) >= 11 is 0. The van der Waals surface area contributed by atoms with E-state index in [-0.39, 0.29) is 5.78 Å². The van der Waals surface area contributed by atoms with E-state index in [1.807, 2.05) is 12.1 Å². The number of benzene rings is 1. The SMILES string of the molecule is C=CCc1ccccc1C(=O)C(OC)(OC)OC. The summed E-state index contributed by atoms with van der Waals surface area (Å²) in [5.41, 5.74) is 1.36. The van der Waals surface area contributed by atoms with Crippen molar-refractivity contribution in [1.29, 1.82) is 0 Å². The number of hydrogen-bond donors (Lipinski definition) is 0. The predicted octanol–water partition coefficient (Wildman–Crippen LogP) is 2.19. The Morgan fingerprint density at radius 3 is 2.28 bits per heavy atom. The first kappa shape index (κ1) is 14.6. The summed E-state index contributed by atoms with van der Waals surface area (Å²) in [7, 11) is 4.09. The monoisotopic (exact) mass is 250 g/mol. The molecule has 1 rings (SSSR count). The zero-order valence-electron chi connectivity index (χ0n) is 10.9. The first-order chi connectivity index (χ1) is 8.65. The van der Waals surface area contributed by atoms with Crippen molar-refractivity contribution >= 4 is 5.78 Å². The topological polar surface area (TPSA) is 44.8 Å².